The molecule has 1 aromatic heterocycles. The van der Waals surface area contributed by atoms with E-state index in [4.69, 9.17) is 9.15 Å². The Balaban J connectivity index is 1.40. The normalized spacial score (nSPS) is 22.0. The van der Waals surface area contributed by atoms with Crippen LogP contribution in [0.2, 0.25) is 0 Å². The van der Waals surface area contributed by atoms with Gasteiger partial charge in [0, 0.05) is 30.4 Å². The minimum Gasteiger partial charge on any atom is -0.464 e. The molecule has 2 aliphatic rings. The Morgan fingerprint density at radius 1 is 1.29 bits per heavy atom. The summed E-state index contributed by atoms with van der Waals surface area (Å²) in [6.07, 6.45) is 2.92. The first-order chi connectivity index (χ1) is 19.2. The maximum absolute atomic E-state index is 13.8. The highest BCUT2D eigenvalue weighted by Crippen LogP contribution is 2.34. The van der Waals surface area contributed by atoms with Crippen LogP contribution in [0.4, 0.5) is 13.6 Å². The zero-order chi connectivity index (χ0) is 30.0. The van der Waals surface area contributed by atoms with E-state index in [-0.39, 0.29) is 31.6 Å². The lowest BCUT2D eigenvalue weighted by atomic mass is 9.76. The quantitative estimate of drug-likeness (QED) is 0.237. The monoisotopic (exact) mass is 572 g/mol. The number of nitrogens with one attached hydrogen (secondary N) is 1. The average Bonchev–Trinajstić information content (AvgIpc) is 3.62. The molecule has 0 spiro atoms. The molecule has 0 saturated carbocycles. The Kier molecular flexibility index (Phi) is 8.77. The summed E-state index contributed by atoms with van der Waals surface area (Å²) in [5.41, 5.74) is -0.743. The third-order valence-electron chi connectivity index (χ3n) is 8.01. The number of carbonyl (C=O) groups is 2. The lowest BCUT2D eigenvalue weighted by molar-refractivity contribution is -0.131. The summed E-state index contributed by atoms with van der Waals surface area (Å²) in [6, 6.07) is 9.16. The largest absolute Gasteiger partial charge is 0.475 e. The molecule has 3 heterocycles. The van der Waals surface area contributed by atoms with E-state index in [1.165, 1.54) is 17.2 Å². The van der Waals surface area contributed by atoms with Crippen molar-refractivity contribution in [2.24, 2.45) is 0 Å². The van der Waals surface area contributed by atoms with E-state index in [1.807, 2.05) is 24.3 Å². The Bertz CT molecular complexity index is 1360. The molecular weight excluding hydrogens is 537 g/mol. The second-order valence-corrected chi connectivity index (χ2v) is 11.6. The maximum atomic E-state index is 13.8. The number of rotatable bonds is 9. The third kappa shape index (κ3) is 6.89. The van der Waals surface area contributed by atoms with E-state index in [1.54, 1.807) is 31.7 Å². The molecule has 3 N–H and O–H groups in total. The molecule has 0 bridgehead atoms. The lowest BCUT2D eigenvalue weighted by Gasteiger charge is -2.36. The van der Waals surface area contributed by atoms with Crippen molar-refractivity contribution < 1.29 is 37.6 Å². The smallest absolute Gasteiger partial charge is 0.464 e. The average molecular weight is 572 g/mol. The van der Waals surface area contributed by atoms with E-state index in [0.29, 0.717) is 30.5 Å². The summed E-state index contributed by atoms with van der Waals surface area (Å²) < 4.78 is 38.5. The number of amides is 2. The number of nitriles is 1. The van der Waals surface area contributed by atoms with Crippen molar-refractivity contribution in [3.63, 3.8) is 0 Å². The van der Waals surface area contributed by atoms with Crippen LogP contribution in [0.25, 0.3) is 11.0 Å². The number of hydrogen-bond acceptors (Lipinski definition) is 8. The molecule has 2 aliphatic heterocycles. The number of furan rings is 1. The topological polar surface area (TPSA) is 139 Å². The van der Waals surface area contributed by atoms with Gasteiger partial charge in [0.15, 0.2) is 0 Å². The first kappa shape index (κ1) is 30.5. The van der Waals surface area contributed by atoms with Crippen molar-refractivity contribution in [2.45, 2.75) is 69.4 Å². The van der Waals surface area contributed by atoms with E-state index in [2.05, 4.69) is 5.32 Å². The second-order valence-electron chi connectivity index (χ2n) is 11.6. The lowest BCUT2D eigenvalue weighted by Crippen LogP contribution is -2.52. The number of carbonyl (C=O) groups excluding carboxylic acids is 2. The third-order valence-corrected chi connectivity index (χ3v) is 8.01. The molecule has 2 fully saturated rings. The molecular formula is C28H35BF2N4O6. The zero-order valence-corrected chi connectivity index (χ0v) is 23.4. The summed E-state index contributed by atoms with van der Waals surface area (Å²) in [4.78, 5) is 29.2. The van der Waals surface area contributed by atoms with Crippen LogP contribution in [0.1, 0.15) is 45.6 Å². The number of alkyl halides is 2. The van der Waals surface area contributed by atoms with Gasteiger partial charge in [0.1, 0.15) is 23.8 Å². The van der Waals surface area contributed by atoms with Crippen LogP contribution < -0.4 is 5.32 Å². The Hall–Kier alpha value is -3.47. The van der Waals surface area contributed by atoms with Gasteiger partial charge in [0.05, 0.1) is 24.3 Å². The van der Waals surface area contributed by atoms with E-state index < -0.39 is 48.6 Å². The van der Waals surface area contributed by atoms with Gasteiger partial charge in [0.25, 0.3) is 11.8 Å². The highest BCUT2D eigenvalue weighted by molar-refractivity contribution is 6.43. The van der Waals surface area contributed by atoms with Crippen molar-refractivity contribution >= 4 is 30.1 Å². The molecule has 2 saturated heterocycles. The molecule has 13 heteroatoms. The number of para-hydroxylation sites is 1. The van der Waals surface area contributed by atoms with Gasteiger partial charge in [-0.25, -0.2) is 13.6 Å². The van der Waals surface area contributed by atoms with Gasteiger partial charge < -0.3 is 29.4 Å². The minimum absolute atomic E-state index is 0.0702. The molecule has 2 amide bonds. The zero-order valence-electron chi connectivity index (χ0n) is 23.4. The number of halogens is 2. The predicted molar refractivity (Wildman–Crippen MR) is 147 cm³/mol. The van der Waals surface area contributed by atoms with Gasteiger partial charge in [-0.3, -0.25) is 9.69 Å². The van der Waals surface area contributed by atoms with Crippen molar-refractivity contribution in [3.8, 4) is 6.07 Å². The molecule has 4 rings (SSSR count). The summed E-state index contributed by atoms with van der Waals surface area (Å²) >= 11 is 0. The first-order valence-electron chi connectivity index (χ1n) is 13.6. The Morgan fingerprint density at radius 2 is 2.02 bits per heavy atom. The van der Waals surface area contributed by atoms with Gasteiger partial charge in [0.2, 0.25) is 0 Å². The predicted octanol–water partition coefficient (Wildman–Crippen LogP) is 3.03. The SMILES string of the molecule is CC(C)(C=C(C#N)C(=O)N1CCCC1(C)COC(=O)N[C@@H](Cc1coc2ccccc12)B(O)O)N1CCC(F)(F)C1. The minimum atomic E-state index is -2.81. The molecule has 10 nitrogen and oxygen atoms in total. The number of alkyl carbamates (subject to hydrolysis) is 1. The van der Waals surface area contributed by atoms with Crippen LogP contribution >= 0.6 is 0 Å². The fourth-order valence-electron chi connectivity index (χ4n) is 5.55. The van der Waals surface area contributed by atoms with Crippen LogP contribution in [-0.4, -0.2) is 88.1 Å². The molecule has 220 valence electrons. The number of hydrogen-bond donors (Lipinski definition) is 3. The van der Waals surface area contributed by atoms with Gasteiger partial charge in [-0.1, -0.05) is 18.2 Å². The molecule has 1 aromatic carbocycles. The molecule has 41 heavy (non-hydrogen) atoms. The fourth-order valence-corrected chi connectivity index (χ4v) is 5.55. The highest BCUT2D eigenvalue weighted by Gasteiger charge is 2.45. The van der Waals surface area contributed by atoms with Crippen LogP contribution in [0.5, 0.6) is 0 Å². The van der Waals surface area contributed by atoms with Crippen LogP contribution in [0.3, 0.4) is 0 Å². The Morgan fingerprint density at radius 3 is 2.68 bits per heavy atom. The van der Waals surface area contributed by atoms with Crippen LogP contribution in [-0.2, 0) is 16.0 Å². The summed E-state index contributed by atoms with van der Waals surface area (Å²) in [5, 5.41) is 32.8. The molecule has 2 atom stereocenters. The molecule has 0 aliphatic carbocycles. The van der Waals surface area contributed by atoms with Gasteiger partial charge in [-0.15, -0.1) is 0 Å². The number of benzene rings is 1. The number of fused-ring (bicyclic) bond motifs is 1. The maximum Gasteiger partial charge on any atom is 0.475 e. The van der Waals surface area contributed by atoms with E-state index >= 15 is 0 Å². The van der Waals surface area contributed by atoms with E-state index in [0.717, 1.165) is 5.39 Å². The highest BCUT2D eigenvalue weighted by atomic mass is 19.3. The second kappa shape index (κ2) is 11.8. The van der Waals surface area contributed by atoms with E-state index in [9.17, 15) is 33.7 Å². The number of ether oxygens (including phenoxy) is 1. The number of nitrogens with zero attached hydrogens (tertiary/aromatic N) is 3. The summed E-state index contributed by atoms with van der Waals surface area (Å²) in [7, 11) is -1.88. The molecule has 1 unspecified atom stereocenters. The van der Waals surface area contributed by atoms with Gasteiger partial charge in [-0.05, 0) is 57.7 Å². The van der Waals surface area contributed by atoms with Crippen LogP contribution in [0, 0.1) is 11.3 Å². The van der Waals surface area contributed by atoms with Crippen molar-refractivity contribution in [3.05, 3.63) is 47.7 Å². The standard InChI is InChI=1S/C28H35BF2N4O6/c1-26(2,34-12-10-28(30,31)17-34)14-20(15-32)24(36)35-11-6-9-27(35,3)18-41-25(37)33-23(29(38)39)13-19-16-40-22-8-5-4-7-21(19)22/h4-5,7-8,14,16,23,38-39H,6,9-13,17-18H2,1-3H3,(H,33,37)/t23-,27?/m0/s1. The molecule has 2 aromatic rings. The summed E-state index contributed by atoms with van der Waals surface area (Å²) in [6.45, 7) is 4.94. The van der Waals surface area contributed by atoms with Crippen molar-refractivity contribution in [1.82, 2.24) is 15.1 Å². The van der Waals surface area contributed by atoms with Crippen molar-refractivity contribution in [2.75, 3.05) is 26.2 Å². The van der Waals surface area contributed by atoms with Crippen molar-refractivity contribution in [1.29, 1.82) is 5.26 Å². The van der Waals surface area contributed by atoms with Gasteiger partial charge in [-0.2, -0.15) is 5.26 Å². The van der Waals surface area contributed by atoms with Crippen LogP contribution in [0.15, 0.2) is 46.6 Å². The fraction of sp³-hybridized carbons (Fsp3) is 0.536. The number of likely N-dealkylation sites (tertiary alicyclic amines) is 2. The molecule has 0 radical (unpaired) electrons. The first-order valence-corrected chi connectivity index (χ1v) is 13.6. The Labute approximate surface area is 237 Å². The summed E-state index contributed by atoms with van der Waals surface area (Å²) in [5.74, 6) is -4.47. The van der Waals surface area contributed by atoms with Gasteiger partial charge >= 0.3 is 13.2 Å².